The maximum Gasteiger partial charge on any atom is 0.139 e. The van der Waals surface area contributed by atoms with Gasteiger partial charge >= 0.3 is 0 Å². The fourth-order valence-corrected chi connectivity index (χ4v) is 2.40. The summed E-state index contributed by atoms with van der Waals surface area (Å²) in [5, 5.41) is 4.52. The minimum absolute atomic E-state index is 0.548. The number of anilines is 1. The van der Waals surface area contributed by atoms with Gasteiger partial charge in [-0.3, -0.25) is 0 Å². The second-order valence-electron chi connectivity index (χ2n) is 3.68. The van der Waals surface area contributed by atoms with E-state index in [4.69, 9.17) is 27.9 Å². The summed E-state index contributed by atoms with van der Waals surface area (Å²) in [6.45, 7) is 3.84. The summed E-state index contributed by atoms with van der Waals surface area (Å²) in [6, 6.07) is 3.63. The molecule has 0 radical (unpaired) electrons. The molecule has 3 nitrogen and oxygen atoms in total. The number of piperazine rings is 1. The number of benzene rings is 1. The Morgan fingerprint density at radius 1 is 1.19 bits per heavy atom. The molecule has 1 saturated heterocycles. The Bertz CT molecular complexity index is 378. The zero-order valence-electron chi connectivity index (χ0n) is 9.09. The lowest BCUT2D eigenvalue weighted by Crippen LogP contribution is -2.43. The van der Waals surface area contributed by atoms with E-state index in [0.717, 1.165) is 31.9 Å². The van der Waals surface area contributed by atoms with Gasteiger partial charge in [-0.1, -0.05) is 23.2 Å². The Morgan fingerprint density at radius 2 is 1.88 bits per heavy atom. The van der Waals surface area contributed by atoms with E-state index in [1.165, 1.54) is 0 Å². The van der Waals surface area contributed by atoms with Crippen LogP contribution >= 0.6 is 23.2 Å². The predicted molar refractivity (Wildman–Crippen MR) is 68.1 cm³/mol. The molecule has 1 aromatic rings. The van der Waals surface area contributed by atoms with Gasteiger partial charge in [0.05, 0.1) is 22.8 Å². The van der Waals surface area contributed by atoms with E-state index in [1.54, 1.807) is 13.2 Å². The molecule has 5 heteroatoms. The van der Waals surface area contributed by atoms with Crippen molar-refractivity contribution in [3.05, 3.63) is 22.2 Å². The number of nitrogens with zero attached hydrogens (tertiary/aromatic N) is 1. The van der Waals surface area contributed by atoms with Gasteiger partial charge in [0.15, 0.2) is 0 Å². The molecule has 1 heterocycles. The number of halogens is 2. The predicted octanol–water partition coefficient (Wildman–Crippen LogP) is 2.41. The van der Waals surface area contributed by atoms with Gasteiger partial charge in [-0.2, -0.15) is 0 Å². The van der Waals surface area contributed by atoms with Crippen LogP contribution in [-0.4, -0.2) is 33.3 Å². The summed E-state index contributed by atoms with van der Waals surface area (Å²) in [5.41, 5.74) is 0.990. The lowest BCUT2D eigenvalue weighted by Gasteiger charge is -2.30. The van der Waals surface area contributed by atoms with Crippen LogP contribution in [0.4, 0.5) is 5.69 Å². The summed E-state index contributed by atoms with van der Waals surface area (Å²) in [4.78, 5) is 2.23. The molecule has 0 unspecified atom stereocenters. The molecule has 1 aliphatic heterocycles. The maximum absolute atomic E-state index is 6.19. The first-order valence-corrected chi connectivity index (χ1v) is 5.96. The lowest BCUT2D eigenvalue weighted by atomic mass is 10.2. The first-order chi connectivity index (χ1) is 7.72. The third-order valence-electron chi connectivity index (χ3n) is 2.68. The number of rotatable bonds is 2. The molecule has 0 amide bonds. The molecular formula is C11H14Cl2N2O. The van der Waals surface area contributed by atoms with Crippen LogP contribution in [0.2, 0.25) is 10.0 Å². The van der Waals surface area contributed by atoms with Crippen LogP contribution in [0.15, 0.2) is 12.1 Å². The lowest BCUT2D eigenvalue weighted by molar-refractivity contribution is 0.415. The number of hydrogen-bond acceptors (Lipinski definition) is 3. The van der Waals surface area contributed by atoms with Crippen molar-refractivity contribution in [2.75, 3.05) is 38.2 Å². The van der Waals surface area contributed by atoms with E-state index in [-0.39, 0.29) is 0 Å². The molecule has 1 aromatic carbocycles. The van der Waals surface area contributed by atoms with Crippen molar-refractivity contribution >= 4 is 28.9 Å². The van der Waals surface area contributed by atoms with E-state index in [0.29, 0.717) is 15.8 Å². The minimum atomic E-state index is 0.548. The minimum Gasteiger partial charge on any atom is -0.495 e. The van der Waals surface area contributed by atoms with E-state index in [2.05, 4.69) is 10.2 Å². The Kier molecular flexibility index (Phi) is 3.79. The van der Waals surface area contributed by atoms with Crippen LogP contribution < -0.4 is 15.0 Å². The van der Waals surface area contributed by atoms with Crippen LogP contribution in [0, 0.1) is 0 Å². The maximum atomic E-state index is 6.19. The molecule has 1 N–H and O–H groups in total. The quantitative estimate of drug-likeness (QED) is 0.884. The van der Waals surface area contributed by atoms with E-state index < -0.39 is 0 Å². The van der Waals surface area contributed by atoms with Crippen LogP contribution in [-0.2, 0) is 0 Å². The number of nitrogens with one attached hydrogen (secondary N) is 1. The fourth-order valence-electron chi connectivity index (χ4n) is 1.82. The van der Waals surface area contributed by atoms with Crippen molar-refractivity contribution in [1.82, 2.24) is 5.32 Å². The number of hydrogen-bond donors (Lipinski definition) is 1. The van der Waals surface area contributed by atoms with E-state index in [1.807, 2.05) is 6.07 Å². The molecule has 16 heavy (non-hydrogen) atoms. The van der Waals surface area contributed by atoms with Crippen LogP contribution in [0.3, 0.4) is 0 Å². The Hall–Kier alpha value is -0.640. The van der Waals surface area contributed by atoms with Gasteiger partial charge in [-0.25, -0.2) is 0 Å². The summed E-state index contributed by atoms with van der Waals surface area (Å²) in [7, 11) is 1.61. The van der Waals surface area contributed by atoms with Crippen molar-refractivity contribution < 1.29 is 4.74 Å². The molecule has 88 valence electrons. The fraction of sp³-hybridized carbons (Fsp3) is 0.455. The summed E-state index contributed by atoms with van der Waals surface area (Å²) < 4.78 is 5.20. The highest BCUT2D eigenvalue weighted by Gasteiger charge is 2.16. The van der Waals surface area contributed by atoms with Crippen molar-refractivity contribution in [2.45, 2.75) is 0 Å². The molecule has 0 spiro atoms. The summed E-state index contributed by atoms with van der Waals surface area (Å²) in [5.74, 6) is 0.666. The Morgan fingerprint density at radius 3 is 2.50 bits per heavy atom. The topological polar surface area (TPSA) is 24.5 Å². The van der Waals surface area contributed by atoms with Gasteiger partial charge < -0.3 is 15.0 Å². The molecule has 0 aromatic heterocycles. The SMILES string of the molecule is COc1cc(N2CCNCC2)c(Cl)cc1Cl. The molecular weight excluding hydrogens is 247 g/mol. The van der Waals surface area contributed by atoms with Crippen molar-refractivity contribution in [2.24, 2.45) is 0 Å². The molecule has 0 aliphatic carbocycles. The highest BCUT2D eigenvalue weighted by molar-refractivity contribution is 6.37. The first kappa shape index (κ1) is 11.8. The van der Waals surface area contributed by atoms with Crippen molar-refractivity contribution in [3.63, 3.8) is 0 Å². The van der Waals surface area contributed by atoms with Crippen molar-refractivity contribution in [1.29, 1.82) is 0 Å². The van der Waals surface area contributed by atoms with Crippen molar-refractivity contribution in [3.8, 4) is 5.75 Å². The summed E-state index contributed by atoms with van der Waals surface area (Å²) in [6.07, 6.45) is 0. The number of ether oxygens (including phenoxy) is 1. The van der Waals surface area contributed by atoms with Crippen LogP contribution in [0.1, 0.15) is 0 Å². The molecule has 1 fully saturated rings. The zero-order valence-corrected chi connectivity index (χ0v) is 10.6. The second kappa shape index (κ2) is 5.13. The van der Waals surface area contributed by atoms with Gasteiger partial charge in [-0.05, 0) is 6.07 Å². The molecule has 1 aliphatic rings. The average molecular weight is 261 g/mol. The largest absolute Gasteiger partial charge is 0.495 e. The van der Waals surface area contributed by atoms with Gasteiger partial charge in [0, 0.05) is 32.2 Å². The molecule has 0 bridgehead atoms. The zero-order chi connectivity index (χ0) is 11.5. The van der Waals surface area contributed by atoms with Gasteiger partial charge in [0.2, 0.25) is 0 Å². The monoisotopic (exact) mass is 260 g/mol. The average Bonchev–Trinajstić information content (AvgIpc) is 2.30. The van der Waals surface area contributed by atoms with E-state index in [9.17, 15) is 0 Å². The Labute approximate surface area is 105 Å². The van der Waals surface area contributed by atoms with Gasteiger partial charge in [0.1, 0.15) is 5.75 Å². The highest BCUT2D eigenvalue weighted by atomic mass is 35.5. The number of methoxy groups -OCH3 is 1. The molecule has 2 rings (SSSR count). The van der Waals surface area contributed by atoms with Gasteiger partial charge in [-0.15, -0.1) is 0 Å². The smallest absolute Gasteiger partial charge is 0.139 e. The standard InChI is InChI=1S/C11H14Cl2N2O/c1-16-11-7-10(8(12)6-9(11)13)15-4-2-14-3-5-15/h6-7,14H,2-5H2,1H3. The second-order valence-corrected chi connectivity index (χ2v) is 4.49. The highest BCUT2D eigenvalue weighted by Crippen LogP contribution is 2.36. The Balaban J connectivity index is 2.31. The third kappa shape index (κ3) is 2.37. The van der Waals surface area contributed by atoms with Crippen LogP contribution in [0.5, 0.6) is 5.75 Å². The first-order valence-electron chi connectivity index (χ1n) is 5.21. The molecule has 0 atom stereocenters. The molecule has 0 saturated carbocycles. The van der Waals surface area contributed by atoms with Gasteiger partial charge in [0.25, 0.3) is 0 Å². The third-order valence-corrected chi connectivity index (χ3v) is 3.28. The van der Waals surface area contributed by atoms with Crippen LogP contribution in [0.25, 0.3) is 0 Å². The van der Waals surface area contributed by atoms with E-state index >= 15 is 0 Å². The normalized spacial score (nSPS) is 16.3. The summed E-state index contributed by atoms with van der Waals surface area (Å²) >= 11 is 12.2.